The predicted molar refractivity (Wildman–Crippen MR) is 113 cm³/mol. The molecule has 1 amide bonds. The van der Waals surface area contributed by atoms with Crippen LogP contribution in [0.4, 0.5) is 34.1 Å². The van der Waals surface area contributed by atoms with Crippen LogP contribution in [0.1, 0.15) is 36.9 Å². The summed E-state index contributed by atoms with van der Waals surface area (Å²) in [5.74, 6) is 0.242. The van der Waals surface area contributed by atoms with Gasteiger partial charge in [0.2, 0.25) is 5.95 Å². The van der Waals surface area contributed by atoms with Gasteiger partial charge in [0, 0.05) is 18.3 Å². The van der Waals surface area contributed by atoms with Crippen LogP contribution in [0.5, 0.6) is 0 Å². The Kier molecular flexibility index (Phi) is 6.95. The van der Waals surface area contributed by atoms with Crippen molar-refractivity contribution in [3.8, 4) is 6.07 Å². The van der Waals surface area contributed by atoms with Gasteiger partial charge < -0.3 is 20.1 Å². The van der Waals surface area contributed by atoms with E-state index >= 15 is 0 Å². The number of aromatic nitrogens is 5. The number of hydrogen-bond donors (Lipinski definition) is 3. The summed E-state index contributed by atoms with van der Waals surface area (Å²) in [6.45, 7) is 2.45. The minimum Gasteiger partial charge on any atom is -0.441 e. The highest BCUT2D eigenvalue weighted by Crippen LogP contribution is 2.33. The number of imidazole rings is 1. The van der Waals surface area contributed by atoms with Gasteiger partial charge in [0.15, 0.2) is 23.7 Å². The standard InChI is InChI=1S/C20H20F4N8O4/c1-9(2)27-19(33)36-13-8-34-16(15(13)21)12-3-14(31-30-12)29-18-26-5-10(4-25)17-28-11(6-32(17)18)7-35-20(22,23)24/h3,5-6,9,13,15-16H,7-8H2,1-2H3,(H,27,33)(H2,26,29,30,31)/t13-,15-,16-/m1/s1. The number of anilines is 2. The molecule has 0 bridgehead atoms. The van der Waals surface area contributed by atoms with E-state index < -0.39 is 37.4 Å². The van der Waals surface area contributed by atoms with Crippen molar-refractivity contribution in [1.29, 1.82) is 5.26 Å². The molecule has 1 aliphatic heterocycles. The number of ether oxygens (including phenoxy) is 3. The van der Waals surface area contributed by atoms with Gasteiger partial charge in [-0.25, -0.2) is 19.2 Å². The minimum atomic E-state index is -4.85. The highest BCUT2D eigenvalue weighted by Gasteiger charge is 2.42. The van der Waals surface area contributed by atoms with Gasteiger partial charge in [0.1, 0.15) is 17.7 Å². The number of nitrogens with zero attached hydrogens (tertiary/aromatic N) is 5. The molecule has 3 aromatic heterocycles. The molecule has 0 unspecified atom stereocenters. The molecule has 0 spiro atoms. The fourth-order valence-electron chi connectivity index (χ4n) is 3.43. The molecule has 1 fully saturated rings. The van der Waals surface area contributed by atoms with Crippen molar-refractivity contribution in [2.24, 2.45) is 0 Å². The van der Waals surface area contributed by atoms with Gasteiger partial charge in [0.05, 0.1) is 30.8 Å². The maximum atomic E-state index is 14.9. The van der Waals surface area contributed by atoms with E-state index in [1.165, 1.54) is 22.9 Å². The molecule has 0 radical (unpaired) electrons. The molecule has 4 heterocycles. The molecule has 16 heteroatoms. The number of aromatic amines is 1. The number of carbonyl (C=O) groups is 1. The van der Waals surface area contributed by atoms with E-state index in [2.05, 4.69) is 35.5 Å². The van der Waals surface area contributed by atoms with Gasteiger partial charge in [0.25, 0.3) is 0 Å². The first-order valence-electron chi connectivity index (χ1n) is 10.6. The third-order valence-electron chi connectivity index (χ3n) is 4.94. The number of alkyl carbamates (subject to hydrolysis) is 1. The summed E-state index contributed by atoms with van der Waals surface area (Å²) in [6.07, 6.45) is -7.06. The number of rotatable bonds is 7. The molecule has 0 aromatic carbocycles. The molecule has 1 aliphatic rings. The van der Waals surface area contributed by atoms with Crippen LogP contribution in [-0.4, -0.2) is 61.9 Å². The number of fused-ring (bicyclic) bond motifs is 1. The van der Waals surface area contributed by atoms with Crippen molar-refractivity contribution < 1.29 is 36.6 Å². The zero-order chi connectivity index (χ0) is 26.0. The highest BCUT2D eigenvalue weighted by molar-refractivity contribution is 5.67. The van der Waals surface area contributed by atoms with Crippen LogP contribution in [0, 0.1) is 11.3 Å². The summed E-state index contributed by atoms with van der Waals surface area (Å²) in [4.78, 5) is 19.9. The van der Waals surface area contributed by atoms with Gasteiger partial charge in [-0.2, -0.15) is 10.4 Å². The molecule has 3 N–H and O–H groups in total. The zero-order valence-electron chi connectivity index (χ0n) is 18.8. The summed E-state index contributed by atoms with van der Waals surface area (Å²) < 4.78 is 67.6. The number of alkyl halides is 4. The Bertz CT molecular complexity index is 1280. The Labute approximate surface area is 200 Å². The Morgan fingerprint density at radius 3 is 2.92 bits per heavy atom. The summed E-state index contributed by atoms with van der Waals surface area (Å²) in [5.41, 5.74) is 0.229. The van der Waals surface area contributed by atoms with Crippen LogP contribution in [0.15, 0.2) is 18.5 Å². The molecule has 192 valence electrons. The van der Waals surface area contributed by atoms with E-state index in [1.807, 2.05) is 6.07 Å². The lowest BCUT2D eigenvalue weighted by molar-refractivity contribution is -0.330. The molecule has 4 rings (SSSR count). The third-order valence-corrected chi connectivity index (χ3v) is 4.94. The van der Waals surface area contributed by atoms with Crippen LogP contribution in [0.2, 0.25) is 0 Å². The fraction of sp³-hybridized carbons (Fsp3) is 0.450. The number of amides is 1. The minimum absolute atomic E-state index is 0.0219. The topological polar surface area (TPSA) is 151 Å². The van der Waals surface area contributed by atoms with Gasteiger partial charge in [-0.3, -0.25) is 14.2 Å². The molecule has 3 aromatic rings. The summed E-state index contributed by atoms with van der Waals surface area (Å²) >= 11 is 0. The first kappa shape index (κ1) is 25.1. The summed E-state index contributed by atoms with van der Waals surface area (Å²) in [6, 6.07) is 3.12. The van der Waals surface area contributed by atoms with Crippen molar-refractivity contribution in [3.05, 3.63) is 35.4 Å². The van der Waals surface area contributed by atoms with Gasteiger partial charge in [-0.1, -0.05) is 0 Å². The average Bonchev–Trinajstić information content (AvgIpc) is 3.51. The number of nitrogens with one attached hydrogen (secondary N) is 3. The van der Waals surface area contributed by atoms with E-state index in [0.717, 1.165) is 0 Å². The second-order valence-corrected chi connectivity index (χ2v) is 8.04. The SMILES string of the molecule is CC(C)NC(=O)O[C@@H]1CO[C@H](c2cc(Nc3ncc(C#N)c4nc(COC(F)(F)F)cn34)n[nH]2)[C@@H]1F. The summed E-state index contributed by atoms with van der Waals surface area (Å²) in [5, 5.41) is 21.3. The first-order valence-corrected chi connectivity index (χ1v) is 10.6. The van der Waals surface area contributed by atoms with E-state index in [0.29, 0.717) is 0 Å². The monoisotopic (exact) mass is 512 g/mol. The second kappa shape index (κ2) is 9.95. The lowest BCUT2D eigenvalue weighted by atomic mass is 10.1. The van der Waals surface area contributed by atoms with E-state index in [4.69, 9.17) is 9.47 Å². The number of H-pyrrole nitrogens is 1. The quantitative estimate of drug-likeness (QED) is 0.406. The van der Waals surface area contributed by atoms with E-state index in [9.17, 15) is 27.6 Å². The Morgan fingerprint density at radius 2 is 2.22 bits per heavy atom. The largest absolute Gasteiger partial charge is 0.522 e. The first-order chi connectivity index (χ1) is 17.0. The van der Waals surface area contributed by atoms with Crippen molar-refractivity contribution in [2.75, 3.05) is 11.9 Å². The lowest BCUT2D eigenvalue weighted by Crippen LogP contribution is -2.36. The van der Waals surface area contributed by atoms with Crippen molar-refractivity contribution >= 4 is 23.5 Å². The van der Waals surface area contributed by atoms with E-state index in [-0.39, 0.29) is 47.0 Å². The molecule has 0 aliphatic carbocycles. The zero-order valence-corrected chi connectivity index (χ0v) is 18.8. The molecule has 0 saturated carbocycles. The molecular weight excluding hydrogens is 492 g/mol. The predicted octanol–water partition coefficient (Wildman–Crippen LogP) is 3.02. The third kappa shape index (κ3) is 5.63. The Hall–Kier alpha value is -3.97. The summed E-state index contributed by atoms with van der Waals surface area (Å²) in [7, 11) is 0. The molecular formula is C20H20F4N8O4. The Balaban J connectivity index is 1.49. The maximum absolute atomic E-state index is 14.9. The average molecular weight is 512 g/mol. The van der Waals surface area contributed by atoms with Crippen molar-refractivity contribution in [1.82, 2.24) is 29.9 Å². The molecule has 12 nitrogen and oxygen atoms in total. The van der Waals surface area contributed by atoms with Crippen LogP contribution < -0.4 is 10.6 Å². The van der Waals surface area contributed by atoms with Gasteiger partial charge in [-0.15, -0.1) is 13.2 Å². The van der Waals surface area contributed by atoms with Crippen molar-refractivity contribution in [2.45, 2.75) is 51.2 Å². The molecule has 1 saturated heterocycles. The smallest absolute Gasteiger partial charge is 0.441 e. The normalized spacial score (nSPS) is 20.0. The fourth-order valence-corrected chi connectivity index (χ4v) is 3.43. The van der Waals surface area contributed by atoms with Gasteiger partial charge >= 0.3 is 12.5 Å². The molecule has 36 heavy (non-hydrogen) atoms. The second-order valence-electron chi connectivity index (χ2n) is 8.04. The van der Waals surface area contributed by atoms with Crippen LogP contribution in [0.25, 0.3) is 5.65 Å². The maximum Gasteiger partial charge on any atom is 0.522 e. The number of hydrogen-bond acceptors (Lipinski definition) is 9. The number of carbonyl (C=O) groups excluding carboxylic acids is 1. The van der Waals surface area contributed by atoms with E-state index in [1.54, 1.807) is 13.8 Å². The Morgan fingerprint density at radius 1 is 1.44 bits per heavy atom. The highest BCUT2D eigenvalue weighted by atomic mass is 19.4. The number of halogens is 4. The van der Waals surface area contributed by atoms with Crippen LogP contribution in [0.3, 0.4) is 0 Å². The lowest BCUT2D eigenvalue weighted by Gasteiger charge is -2.16. The molecule has 3 atom stereocenters. The van der Waals surface area contributed by atoms with Crippen molar-refractivity contribution in [3.63, 3.8) is 0 Å². The van der Waals surface area contributed by atoms with Crippen LogP contribution >= 0.6 is 0 Å². The number of nitriles is 1. The van der Waals surface area contributed by atoms with Gasteiger partial charge in [-0.05, 0) is 13.8 Å². The van der Waals surface area contributed by atoms with Crippen LogP contribution in [-0.2, 0) is 20.8 Å².